The van der Waals surface area contributed by atoms with Crippen molar-refractivity contribution in [2.24, 2.45) is 0 Å². The molecule has 0 saturated heterocycles. The monoisotopic (exact) mass is 412 g/mol. The minimum atomic E-state index is -1.83. The van der Waals surface area contributed by atoms with Gasteiger partial charge < -0.3 is 9.16 Å². The van der Waals surface area contributed by atoms with E-state index in [1.807, 2.05) is 0 Å². The van der Waals surface area contributed by atoms with Gasteiger partial charge in [0, 0.05) is 6.10 Å². The van der Waals surface area contributed by atoms with Crippen LogP contribution in [0.1, 0.15) is 105 Å². The Morgan fingerprint density at radius 3 is 1.93 bits per heavy atom. The Kier molecular flexibility index (Phi) is 14.1. The lowest BCUT2D eigenvalue weighted by Gasteiger charge is -2.39. The first-order chi connectivity index (χ1) is 13.0. The van der Waals surface area contributed by atoms with Gasteiger partial charge in [0.1, 0.15) is 0 Å². The van der Waals surface area contributed by atoms with E-state index in [1.165, 1.54) is 64.9 Å². The lowest BCUT2D eigenvalue weighted by atomic mass is 10.0. The van der Waals surface area contributed by atoms with Crippen LogP contribution in [-0.2, 0) is 14.0 Å². The number of hydrogen-bond acceptors (Lipinski definition) is 3. The summed E-state index contributed by atoms with van der Waals surface area (Å²) in [6.07, 6.45) is 14.3. The molecule has 0 spiro atoms. The fourth-order valence-electron chi connectivity index (χ4n) is 3.15. The second kappa shape index (κ2) is 14.4. The summed E-state index contributed by atoms with van der Waals surface area (Å²) in [5.41, 5.74) is 0.923. The van der Waals surface area contributed by atoms with Crippen molar-refractivity contribution in [3.63, 3.8) is 0 Å². The number of rotatable bonds is 16. The standard InChI is InChI=1S/C24H48O3Si/c1-9-10-11-12-13-14-15-16-17-18-22(19-21(2)20-23(25)26-6)27-28(7,8)24(3,4)5/h22H,2,9-20H2,1,3-8H3/t22-/m0/s1. The van der Waals surface area contributed by atoms with Crippen molar-refractivity contribution in [1.29, 1.82) is 0 Å². The Morgan fingerprint density at radius 1 is 0.964 bits per heavy atom. The quantitative estimate of drug-likeness (QED) is 0.112. The van der Waals surface area contributed by atoms with Gasteiger partial charge in [-0.3, -0.25) is 4.79 Å². The van der Waals surface area contributed by atoms with E-state index >= 15 is 0 Å². The molecule has 0 heterocycles. The molecule has 0 aliphatic rings. The maximum Gasteiger partial charge on any atom is 0.309 e. The largest absolute Gasteiger partial charge is 0.469 e. The van der Waals surface area contributed by atoms with Crippen LogP contribution in [0.15, 0.2) is 12.2 Å². The molecule has 0 amide bonds. The first-order valence-electron chi connectivity index (χ1n) is 11.4. The highest BCUT2D eigenvalue weighted by molar-refractivity contribution is 6.74. The van der Waals surface area contributed by atoms with Gasteiger partial charge >= 0.3 is 5.97 Å². The molecule has 1 atom stereocenters. The van der Waals surface area contributed by atoms with Crippen LogP contribution in [0.25, 0.3) is 0 Å². The topological polar surface area (TPSA) is 35.5 Å². The molecular weight excluding hydrogens is 364 g/mol. The number of carbonyl (C=O) groups is 1. The molecule has 0 unspecified atom stereocenters. The van der Waals surface area contributed by atoms with Crippen LogP contribution >= 0.6 is 0 Å². The molecule has 0 aromatic heterocycles. The normalized spacial score (nSPS) is 13.4. The zero-order valence-electron chi connectivity index (χ0n) is 20.0. The van der Waals surface area contributed by atoms with Crippen molar-refractivity contribution < 1.29 is 14.0 Å². The highest BCUT2D eigenvalue weighted by atomic mass is 28.4. The van der Waals surface area contributed by atoms with Gasteiger partial charge in [-0.25, -0.2) is 0 Å². The smallest absolute Gasteiger partial charge is 0.309 e. The van der Waals surface area contributed by atoms with E-state index in [1.54, 1.807) is 0 Å². The van der Waals surface area contributed by atoms with Gasteiger partial charge in [-0.1, -0.05) is 97.6 Å². The Morgan fingerprint density at radius 2 is 1.46 bits per heavy atom. The third-order valence-electron chi connectivity index (χ3n) is 6.04. The lowest BCUT2D eigenvalue weighted by Crippen LogP contribution is -2.44. The molecule has 28 heavy (non-hydrogen) atoms. The number of unbranched alkanes of at least 4 members (excludes halogenated alkanes) is 8. The van der Waals surface area contributed by atoms with Crippen molar-refractivity contribution in [3.05, 3.63) is 12.2 Å². The zero-order valence-corrected chi connectivity index (χ0v) is 21.0. The minimum absolute atomic E-state index is 0.169. The summed E-state index contributed by atoms with van der Waals surface area (Å²) in [4.78, 5) is 11.6. The van der Waals surface area contributed by atoms with Crippen molar-refractivity contribution in [2.45, 2.75) is 129 Å². The minimum Gasteiger partial charge on any atom is -0.469 e. The fourth-order valence-corrected chi connectivity index (χ4v) is 4.54. The summed E-state index contributed by atoms with van der Waals surface area (Å²) < 4.78 is 11.5. The summed E-state index contributed by atoms with van der Waals surface area (Å²) >= 11 is 0. The van der Waals surface area contributed by atoms with E-state index in [0.29, 0.717) is 6.42 Å². The van der Waals surface area contributed by atoms with Gasteiger partial charge in [0.25, 0.3) is 0 Å². The molecule has 0 radical (unpaired) electrons. The molecule has 0 fully saturated rings. The van der Waals surface area contributed by atoms with Crippen molar-refractivity contribution in [1.82, 2.24) is 0 Å². The zero-order chi connectivity index (χ0) is 21.6. The molecule has 0 aliphatic heterocycles. The molecule has 0 saturated carbocycles. The summed E-state index contributed by atoms with van der Waals surface area (Å²) in [6.45, 7) is 17.8. The van der Waals surface area contributed by atoms with Crippen LogP contribution in [0.2, 0.25) is 18.1 Å². The van der Waals surface area contributed by atoms with Crippen LogP contribution in [-0.4, -0.2) is 27.5 Å². The second-order valence-electron chi connectivity index (χ2n) is 9.82. The van der Waals surface area contributed by atoms with Gasteiger partial charge in [0.05, 0.1) is 13.5 Å². The summed E-state index contributed by atoms with van der Waals surface area (Å²) in [6, 6.07) is 0. The molecule has 0 N–H and O–H groups in total. The third-order valence-corrected chi connectivity index (χ3v) is 10.6. The van der Waals surface area contributed by atoms with Crippen molar-refractivity contribution in [2.75, 3.05) is 7.11 Å². The number of ether oxygens (including phenoxy) is 1. The first kappa shape index (κ1) is 27.4. The summed E-state index contributed by atoms with van der Waals surface area (Å²) in [5, 5.41) is 0.188. The first-order valence-corrected chi connectivity index (χ1v) is 14.4. The number of carbonyl (C=O) groups excluding carboxylic acids is 1. The average Bonchev–Trinajstić information content (AvgIpc) is 2.58. The predicted molar refractivity (Wildman–Crippen MR) is 124 cm³/mol. The van der Waals surface area contributed by atoms with E-state index in [-0.39, 0.29) is 17.1 Å². The Balaban J connectivity index is 4.45. The number of hydrogen-bond donors (Lipinski definition) is 0. The van der Waals surface area contributed by atoms with E-state index in [0.717, 1.165) is 18.4 Å². The number of methoxy groups -OCH3 is 1. The van der Waals surface area contributed by atoms with E-state index < -0.39 is 8.32 Å². The Hall–Kier alpha value is -0.613. The van der Waals surface area contributed by atoms with Crippen LogP contribution in [0, 0.1) is 0 Å². The van der Waals surface area contributed by atoms with Gasteiger partial charge in [-0.15, -0.1) is 0 Å². The van der Waals surface area contributed by atoms with Crippen LogP contribution < -0.4 is 0 Å². The van der Waals surface area contributed by atoms with Crippen LogP contribution in [0.3, 0.4) is 0 Å². The molecule has 166 valence electrons. The molecule has 0 aromatic carbocycles. The second-order valence-corrected chi connectivity index (χ2v) is 14.6. The van der Waals surface area contributed by atoms with Crippen LogP contribution in [0.5, 0.6) is 0 Å². The van der Waals surface area contributed by atoms with E-state index in [9.17, 15) is 4.79 Å². The Bertz CT molecular complexity index is 438. The van der Waals surface area contributed by atoms with Gasteiger partial charge in [-0.05, 0) is 31.0 Å². The molecule has 0 bridgehead atoms. The third kappa shape index (κ3) is 12.8. The van der Waals surface area contributed by atoms with Gasteiger partial charge in [-0.2, -0.15) is 0 Å². The SMILES string of the molecule is C=C(CC(=O)OC)C[C@H](CCCCCCCCCCC)O[Si](C)(C)C(C)(C)C. The van der Waals surface area contributed by atoms with Gasteiger partial charge in [0.15, 0.2) is 8.32 Å². The maximum absolute atomic E-state index is 11.6. The molecule has 0 rings (SSSR count). The molecule has 3 nitrogen and oxygen atoms in total. The summed E-state index contributed by atoms with van der Waals surface area (Å²) in [5.74, 6) is -0.209. The van der Waals surface area contributed by atoms with Gasteiger partial charge in [0.2, 0.25) is 0 Å². The van der Waals surface area contributed by atoms with E-state index in [4.69, 9.17) is 9.16 Å². The molecular formula is C24H48O3Si. The molecule has 4 heteroatoms. The highest BCUT2D eigenvalue weighted by Crippen LogP contribution is 2.38. The number of esters is 1. The van der Waals surface area contributed by atoms with E-state index in [2.05, 4.69) is 47.4 Å². The maximum atomic E-state index is 11.6. The predicted octanol–water partition coefficient (Wildman–Crippen LogP) is 7.81. The fraction of sp³-hybridized carbons (Fsp3) is 0.875. The van der Waals surface area contributed by atoms with Crippen molar-refractivity contribution in [3.8, 4) is 0 Å². The summed E-state index contributed by atoms with van der Waals surface area (Å²) in [7, 11) is -0.402. The highest BCUT2D eigenvalue weighted by Gasteiger charge is 2.39. The van der Waals surface area contributed by atoms with Crippen molar-refractivity contribution >= 4 is 14.3 Å². The lowest BCUT2D eigenvalue weighted by molar-refractivity contribution is -0.139. The average molecular weight is 413 g/mol. The molecule has 0 aliphatic carbocycles. The van der Waals surface area contributed by atoms with Crippen LogP contribution in [0.4, 0.5) is 0 Å². The molecule has 0 aromatic rings. The Labute approximate surface area is 176 Å².